The van der Waals surface area contributed by atoms with Gasteiger partial charge in [0.15, 0.2) is 0 Å². The van der Waals surface area contributed by atoms with E-state index in [1.807, 2.05) is 34.1 Å². The number of amides is 2. The Kier molecular flexibility index (Phi) is 4.92. The molecule has 2 saturated heterocycles. The van der Waals surface area contributed by atoms with Crippen LogP contribution in [0.25, 0.3) is 21.8 Å². The Morgan fingerprint density at radius 1 is 0.909 bits per heavy atom. The number of carbonyl (C=O) groups is 2. The molecule has 0 saturated carbocycles. The van der Waals surface area contributed by atoms with Crippen molar-refractivity contribution in [2.75, 3.05) is 39.3 Å². The summed E-state index contributed by atoms with van der Waals surface area (Å²) in [6.45, 7) is 4.57. The lowest BCUT2D eigenvalue weighted by Crippen LogP contribution is -2.64. The Morgan fingerprint density at radius 2 is 1.67 bits per heavy atom. The Labute approximate surface area is 195 Å². The van der Waals surface area contributed by atoms with E-state index in [9.17, 15) is 9.59 Å². The maximum Gasteiger partial charge on any atom is 0.273 e. The first kappa shape index (κ1) is 20.4. The van der Waals surface area contributed by atoms with E-state index in [1.165, 1.54) is 22.2 Å². The molecular formula is C25H25N5O2S. The monoisotopic (exact) mass is 459 g/mol. The fourth-order valence-corrected chi connectivity index (χ4v) is 5.63. The van der Waals surface area contributed by atoms with Gasteiger partial charge in [-0.3, -0.25) is 14.5 Å². The van der Waals surface area contributed by atoms with Crippen LogP contribution in [0, 0.1) is 0 Å². The first-order valence-corrected chi connectivity index (χ1v) is 12.2. The number of thiazole rings is 1. The van der Waals surface area contributed by atoms with Crippen LogP contribution in [0.2, 0.25) is 0 Å². The molecule has 0 atom stereocenters. The number of rotatable bonds is 3. The molecule has 6 rings (SSSR count). The topological polar surface area (TPSA) is 61.7 Å². The minimum atomic E-state index is 0.0186. The Balaban J connectivity index is 1.10. The fraction of sp³-hybridized carbons (Fsp3) is 0.320. The van der Waals surface area contributed by atoms with Gasteiger partial charge in [-0.25, -0.2) is 4.98 Å². The molecule has 8 heteroatoms. The highest BCUT2D eigenvalue weighted by Gasteiger charge is 2.37. The standard InChI is InChI=1S/C25H25N5O2S/c1-27-22-5-3-2-4-19(22)20-12-17(6-7-23(20)27)24(31)30-13-18(14-30)28-8-10-29(11-9-28)25(32)21-15-33-16-26-21/h2-7,12,15-16,18H,8-11,13-14H2,1H3. The third-order valence-electron chi connectivity index (χ3n) is 7.08. The van der Waals surface area contributed by atoms with E-state index < -0.39 is 0 Å². The number of piperazine rings is 1. The molecule has 33 heavy (non-hydrogen) atoms. The molecule has 0 N–H and O–H groups in total. The first-order chi connectivity index (χ1) is 16.1. The zero-order chi connectivity index (χ0) is 22.5. The van der Waals surface area contributed by atoms with E-state index in [1.54, 1.807) is 10.9 Å². The summed E-state index contributed by atoms with van der Waals surface area (Å²) in [5, 5.41) is 4.10. The van der Waals surface area contributed by atoms with Crippen LogP contribution >= 0.6 is 11.3 Å². The van der Waals surface area contributed by atoms with Crippen molar-refractivity contribution < 1.29 is 9.59 Å². The van der Waals surface area contributed by atoms with Crippen molar-refractivity contribution in [1.29, 1.82) is 0 Å². The summed E-state index contributed by atoms with van der Waals surface area (Å²) in [5.41, 5.74) is 5.29. The zero-order valence-corrected chi connectivity index (χ0v) is 19.3. The van der Waals surface area contributed by atoms with Gasteiger partial charge in [0.1, 0.15) is 5.69 Å². The van der Waals surface area contributed by atoms with Crippen LogP contribution in [0.5, 0.6) is 0 Å². The predicted molar refractivity (Wildman–Crippen MR) is 130 cm³/mol. The number of likely N-dealkylation sites (tertiary alicyclic amines) is 1. The van der Waals surface area contributed by atoms with Gasteiger partial charge in [-0.2, -0.15) is 0 Å². The van der Waals surface area contributed by atoms with Gasteiger partial charge in [-0.05, 0) is 24.3 Å². The molecule has 2 aromatic carbocycles. The quantitative estimate of drug-likeness (QED) is 0.473. The molecule has 4 heterocycles. The van der Waals surface area contributed by atoms with Gasteiger partial charge in [0.2, 0.25) is 0 Å². The summed E-state index contributed by atoms with van der Waals surface area (Å²) in [7, 11) is 2.07. The summed E-state index contributed by atoms with van der Waals surface area (Å²) >= 11 is 1.45. The van der Waals surface area contributed by atoms with Crippen LogP contribution in [0.4, 0.5) is 0 Å². The van der Waals surface area contributed by atoms with Crippen molar-refractivity contribution in [3.8, 4) is 0 Å². The van der Waals surface area contributed by atoms with E-state index in [0.717, 1.165) is 42.6 Å². The van der Waals surface area contributed by atoms with E-state index in [0.29, 0.717) is 24.8 Å². The van der Waals surface area contributed by atoms with Crippen molar-refractivity contribution in [2.45, 2.75) is 6.04 Å². The summed E-state index contributed by atoms with van der Waals surface area (Å²) in [6, 6.07) is 14.7. The lowest BCUT2D eigenvalue weighted by Gasteiger charge is -2.48. The minimum absolute atomic E-state index is 0.0186. The summed E-state index contributed by atoms with van der Waals surface area (Å²) < 4.78 is 2.18. The number of carbonyl (C=O) groups excluding carboxylic acids is 2. The summed E-state index contributed by atoms with van der Waals surface area (Å²) in [4.78, 5) is 36.0. The van der Waals surface area contributed by atoms with Crippen molar-refractivity contribution in [1.82, 2.24) is 24.3 Å². The number of benzene rings is 2. The number of aryl methyl sites for hydroxylation is 1. The number of para-hydroxylation sites is 1. The normalized spacial score (nSPS) is 17.6. The van der Waals surface area contributed by atoms with E-state index in [4.69, 9.17) is 0 Å². The highest BCUT2D eigenvalue weighted by Crippen LogP contribution is 2.29. The van der Waals surface area contributed by atoms with E-state index in [-0.39, 0.29) is 11.8 Å². The molecule has 2 aliphatic rings. The lowest BCUT2D eigenvalue weighted by molar-refractivity contribution is 0.00845. The van der Waals surface area contributed by atoms with Crippen molar-refractivity contribution in [3.05, 3.63) is 64.6 Å². The molecule has 0 unspecified atom stereocenters. The molecule has 0 radical (unpaired) electrons. The van der Waals surface area contributed by atoms with Crippen LogP contribution in [-0.4, -0.2) is 81.4 Å². The van der Waals surface area contributed by atoms with Gasteiger partial charge in [0.25, 0.3) is 11.8 Å². The second-order valence-electron chi connectivity index (χ2n) is 8.87. The average molecular weight is 460 g/mol. The number of fused-ring (bicyclic) bond motifs is 3. The highest BCUT2D eigenvalue weighted by molar-refractivity contribution is 7.07. The molecule has 4 aromatic rings. The molecule has 168 valence electrons. The first-order valence-electron chi connectivity index (χ1n) is 11.3. The Bertz CT molecular complexity index is 1350. The minimum Gasteiger partial charge on any atom is -0.344 e. The van der Waals surface area contributed by atoms with Gasteiger partial charge >= 0.3 is 0 Å². The van der Waals surface area contributed by atoms with Gasteiger partial charge in [-0.15, -0.1) is 11.3 Å². The number of hydrogen-bond donors (Lipinski definition) is 0. The van der Waals surface area contributed by atoms with Crippen molar-refractivity contribution >= 4 is 45.0 Å². The van der Waals surface area contributed by atoms with Crippen LogP contribution < -0.4 is 0 Å². The van der Waals surface area contributed by atoms with Gasteiger partial charge in [0, 0.05) is 85.1 Å². The lowest BCUT2D eigenvalue weighted by atomic mass is 10.0. The second-order valence-corrected chi connectivity index (χ2v) is 9.59. The van der Waals surface area contributed by atoms with E-state index in [2.05, 4.69) is 39.7 Å². The van der Waals surface area contributed by atoms with Crippen LogP contribution in [0.15, 0.2) is 53.4 Å². The molecular weight excluding hydrogens is 434 g/mol. The maximum atomic E-state index is 13.2. The summed E-state index contributed by atoms with van der Waals surface area (Å²) in [6.07, 6.45) is 0. The van der Waals surface area contributed by atoms with Crippen LogP contribution in [-0.2, 0) is 7.05 Å². The Morgan fingerprint density at radius 3 is 2.42 bits per heavy atom. The molecule has 2 aromatic heterocycles. The molecule has 0 spiro atoms. The van der Waals surface area contributed by atoms with E-state index >= 15 is 0 Å². The van der Waals surface area contributed by atoms with Gasteiger partial charge < -0.3 is 14.4 Å². The predicted octanol–water partition coefficient (Wildman–Crippen LogP) is 3.07. The molecule has 7 nitrogen and oxygen atoms in total. The summed E-state index contributed by atoms with van der Waals surface area (Å²) in [5.74, 6) is 0.114. The third kappa shape index (κ3) is 3.41. The smallest absolute Gasteiger partial charge is 0.273 e. The second kappa shape index (κ2) is 7.97. The zero-order valence-electron chi connectivity index (χ0n) is 18.5. The largest absolute Gasteiger partial charge is 0.344 e. The molecule has 0 bridgehead atoms. The van der Waals surface area contributed by atoms with Crippen molar-refractivity contribution in [3.63, 3.8) is 0 Å². The van der Waals surface area contributed by atoms with Crippen LogP contribution in [0.3, 0.4) is 0 Å². The third-order valence-corrected chi connectivity index (χ3v) is 7.67. The van der Waals surface area contributed by atoms with Gasteiger partial charge in [0.05, 0.1) is 5.51 Å². The van der Waals surface area contributed by atoms with Crippen LogP contribution in [0.1, 0.15) is 20.8 Å². The fourth-order valence-electron chi connectivity index (χ4n) is 5.11. The number of hydrogen-bond acceptors (Lipinski definition) is 5. The molecule has 0 aliphatic carbocycles. The number of aromatic nitrogens is 2. The SMILES string of the molecule is Cn1c2ccccc2c2cc(C(=O)N3CC(N4CCN(C(=O)c5cscn5)CC4)C3)ccc21. The average Bonchev–Trinajstić information content (AvgIpc) is 3.46. The van der Waals surface area contributed by atoms with Crippen molar-refractivity contribution in [2.24, 2.45) is 7.05 Å². The Hall–Kier alpha value is -3.23. The molecule has 2 fully saturated rings. The molecule has 2 aliphatic heterocycles. The molecule has 2 amide bonds. The van der Waals surface area contributed by atoms with Gasteiger partial charge in [-0.1, -0.05) is 18.2 Å². The highest BCUT2D eigenvalue weighted by atomic mass is 32.1. The maximum absolute atomic E-state index is 13.2. The number of nitrogens with zero attached hydrogens (tertiary/aromatic N) is 5.